The molecule has 1 unspecified atom stereocenters. The highest BCUT2D eigenvalue weighted by Gasteiger charge is 2.11. The quantitative estimate of drug-likeness (QED) is 0.784. The average Bonchev–Trinajstić information content (AvgIpc) is 2.17. The third kappa shape index (κ3) is 2.94. The second-order valence-corrected chi connectivity index (χ2v) is 3.68. The van der Waals surface area contributed by atoms with Gasteiger partial charge in [0.05, 0.1) is 0 Å². The molecule has 15 heavy (non-hydrogen) atoms. The monoisotopic (exact) mass is 208 g/mol. The van der Waals surface area contributed by atoms with Crippen molar-refractivity contribution in [3.63, 3.8) is 0 Å². The smallest absolute Gasteiger partial charge is 0.256 e. The second-order valence-electron chi connectivity index (χ2n) is 3.68. The molecule has 1 atom stereocenters. The molecule has 0 saturated carbocycles. The van der Waals surface area contributed by atoms with Crippen molar-refractivity contribution in [3.05, 3.63) is 33.7 Å². The van der Waals surface area contributed by atoms with Crippen LogP contribution in [-0.2, 0) is 0 Å². The van der Waals surface area contributed by atoms with Gasteiger partial charge in [0.1, 0.15) is 5.56 Å². The molecule has 1 heterocycles. The van der Waals surface area contributed by atoms with Crippen molar-refractivity contribution in [2.45, 2.75) is 33.2 Å². The SMILES string of the molecule is CCC(C)NC(=O)c1c[nH]c(C)cc1=O. The van der Waals surface area contributed by atoms with E-state index in [-0.39, 0.29) is 22.9 Å². The molecule has 2 N–H and O–H groups in total. The number of hydrogen-bond donors (Lipinski definition) is 2. The third-order valence-corrected chi connectivity index (χ3v) is 2.29. The Morgan fingerprint density at radius 2 is 2.27 bits per heavy atom. The zero-order chi connectivity index (χ0) is 11.4. The highest BCUT2D eigenvalue weighted by Crippen LogP contribution is 1.95. The predicted molar refractivity (Wildman–Crippen MR) is 59.0 cm³/mol. The first kappa shape index (κ1) is 11.5. The van der Waals surface area contributed by atoms with Crippen LogP contribution in [0.4, 0.5) is 0 Å². The van der Waals surface area contributed by atoms with E-state index < -0.39 is 0 Å². The largest absolute Gasteiger partial charge is 0.364 e. The summed E-state index contributed by atoms with van der Waals surface area (Å²) in [5, 5.41) is 2.75. The lowest BCUT2D eigenvalue weighted by atomic mass is 10.2. The van der Waals surface area contributed by atoms with E-state index in [4.69, 9.17) is 0 Å². The zero-order valence-electron chi connectivity index (χ0n) is 9.26. The van der Waals surface area contributed by atoms with Gasteiger partial charge in [-0.1, -0.05) is 6.92 Å². The fraction of sp³-hybridized carbons (Fsp3) is 0.455. The van der Waals surface area contributed by atoms with Gasteiger partial charge >= 0.3 is 0 Å². The van der Waals surface area contributed by atoms with E-state index in [9.17, 15) is 9.59 Å². The van der Waals surface area contributed by atoms with E-state index in [0.29, 0.717) is 0 Å². The van der Waals surface area contributed by atoms with Gasteiger partial charge in [-0.05, 0) is 20.3 Å². The number of pyridine rings is 1. The number of nitrogens with one attached hydrogen (secondary N) is 2. The molecule has 1 aromatic heterocycles. The minimum atomic E-state index is -0.314. The van der Waals surface area contributed by atoms with E-state index in [1.807, 2.05) is 13.8 Å². The summed E-state index contributed by atoms with van der Waals surface area (Å²) in [6.07, 6.45) is 2.30. The highest BCUT2D eigenvalue weighted by molar-refractivity contribution is 5.93. The molecule has 82 valence electrons. The Kier molecular flexibility index (Phi) is 3.66. The highest BCUT2D eigenvalue weighted by atomic mass is 16.2. The van der Waals surface area contributed by atoms with Gasteiger partial charge in [-0.25, -0.2) is 0 Å². The van der Waals surface area contributed by atoms with Gasteiger partial charge in [-0.15, -0.1) is 0 Å². The average molecular weight is 208 g/mol. The van der Waals surface area contributed by atoms with Gasteiger partial charge < -0.3 is 10.3 Å². The van der Waals surface area contributed by atoms with Crippen LogP contribution in [-0.4, -0.2) is 16.9 Å². The predicted octanol–water partition coefficient (Wildman–Crippen LogP) is 1.21. The first-order valence-corrected chi connectivity index (χ1v) is 5.04. The molecule has 0 bridgehead atoms. The topological polar surface area (TPSA) is 62.0 Å². The molecule has 0 aliphatic carbocycles. The Bertz CT molecular complexity index is 409. The Labute approximate surface area is 88.7 Å². The van der Waals surface area contributed by atoms with Crippen LogP contribution in [0, 0.1) is 6.92 Å². The van der Waals surface area contributed by atoms with Gasteiger partial charge in [0.2, 0.25) is 0 Å². The molecule has 1 rings (SSSR count). The van der Waals surface area contributed by atoms with Crippen molar-refractivity contribution < 1.29 is 4.79 Å². The molecule has 4 heteroatoms. The number of aromatic nitrogens is 1. The van der Waals surface area contributed by atoms with E-state index in [0.717, 1.165) is 12.1 Å². The van der Waals surface area contributed by atoms with E-state index in [1.165, 1.54) is 12.3 Å². The van der Waals surface area contributed by atoms with Gasteiger partial charge in [-0.3, -0.25) is 9.59 Å². The lowest BCUT2D eigenvalue weighted by Crippen LogP contribution is -2.35. The van der Waals surface area contributed by atoms with Crippen LogP contribution in [0.3, 0.4) is 0 Å². The maximum Gasteiger partial charge on any atom is 0.256 e. The van der Waals surface area contributed by atoms with E-state index in [1.54, 1.807) is 6.92 Å². The maximum absolute atomic E-state index is 11.6. The number of amides is 1. The lowest BCUT2D eigenvalue weighted by molar-refractivity contribution is 0.0938. The van der Waals surface area contributed by atoms with Crippen molar-refractivity contribution in [2.75, 3.05) is 0 Å². The van der Waals surface area contributed by atoms with Crippen LogP contribution in [0.1, 0.15) is 36.3 Å². The number of aryl methyl sites for hydroxylation is 1. The Morgan fingerprint density at radius 1 is 1.60 bits per heavy atom. The molecule has 0 aliphatic heterocycles. The summed E-state index contributed by atoms with van der Waals surface area (Å²) in [5.41, 5.74) is 0.674. The summed E-state index contributed by atoms with van der Waals surface area (Å²) >= 11 is 0. The Morgan fingerprint density at radius 3 is 2.80 bits per heavy atom. The van der Waals surface area contributed by atoms with Gasteiger partial charge in [0.15, 0.2) is 5.43 Å². The van der Waals surface area contributed by atoms with Crippen LogP contribution in [0.15, 0.2) is 17.1 Å². The number of carbonyl (C=O) groups is 1. The van der Waals surface area contributed by atoms with Gasteiger partial charge in [-0.2, -0.15) is 0 Å². The van der Waals surface area contributed by atoms with Crippen molar-refractivity contribution >= 4 is 5.91 Å². The van der Waals surface area contributed by atoms with Crippen molar-refractivity contribution in [1.29, 1.82) is 0 Å². The molecule has 0 aliphatic rings. The Balaban J connectivity index is 2.88. The summed E-state index contributed by atoms with van der Waals surface area (Å²) in [4.78, 5) is 25.9. The normalized spacial score (nSPS) is 12.2. The molecule has 4 nitrogen and oxygen atoms in total. The summed E-state index contributed by atoms with van der Waals surface area (Å²) < 4.78 is 0. The number of H-pyrrole nitrogens is 1. The Hall–Kier alpha value is -1.58. The molecular formula is C11H16N2O2. The summed E-state index contributed by atoms with van der Waals surface area (Å²) in [6, 6.07) is 1.50. The third-order valence-electron chi connectivity index (χ3n) is 2.29. The number of rotatable bonds is 3. The lowest BCUT2D eigenvalue weighted by Gasteiger charge is -2.10. The molecule has 0 radical (unpaired) electrons. The molecule has 0 aromatic carbocycles. The van der Waals surface area contributed by atoms with Gasteiger partial charge in [0, 0.05) is 24.0 Å². The molecule has 1 aromatic rings. The fourth-order valence-electron chi connectivity index (χ4n) is 1.15. The van der Waals surface area contributed by atoms with E-state index in [2.05, 4.69) is 10.3 Å². The first-order chi connectivity index (χ1) is 7.04. The summed E-state index contributed by atoms with van der Waals surface area (Å²) in [6.45, 7) is 5.66. The summed E-state index contributed by atoms with van der Waals surface area (Å²) in [5.74, 6) is -0.314. The maximum atomic E-state index is 11.6. The van der Waals surface area contributed by atoms with Crippen LogP contribution >= 0.6 is 0 Å². The summed E-state index contributed by atoms with van der Waals surface area (Å²) in [7, 11) is 0. The molecule has 0 saturated heterocycles. The molecule has 1 amide bonds. The number of carbonyl (C=O) groups excluding carboxylic acids is 1. The molecule has 0 spiro atoms. The zero-order valence-corrected chi connectivity index (χ0v) is 9.26. The fourth-order valence-corrected chi connectivity index (χ4v) is 1.15. The minimum absolute atomic E-state index is 0.0817. The second kappa shape index (κ2) is 4.77. The minimum Gasteiger partial charge on any atom is -0.364 e. The van der Waals surface area contributed by atoms with Crippen LogP contribution in [0.5, 0.6) is 0 Å². The van der Waals surface area contributed by atoms with Gasteiger partial charge in [0.25, 0.3) is 5.91 Å². The number of aromatic amines is 1. The molecular weight excluding hydrogens is 192 g/mol. The van der Waals surface area contributed by atoms with Crippen molar-refractivity contribution in [1.82, 2.24) is 10.3 Å². The van der Waals surface area contributed by atoms with Crippen LogP contribution in [0.25, 0.3) is 0 Å². The van der Waals surface area contributed by atoms with Crippen molar-refractivity contribution in [2.24, 2.45) is 0 Å². The standard InChI is InChI=1S/C11H16N2O2/c1-4-7(2)13-11(15)9-6-12-8(3)5-10(9)14/h5-7H,4H2,1-3H3,(H,12,14)(H,13,15). The first-order valence-electron chi connectivity index (χ1n) is 5.04. The molecule has 0 fully saturated rings. The van der Waals surface area contributed by atoms with Crippen LogP contribution in [0.2, 0.25) is 0 Å². The van der Waals surface area contributed by atoms with E-state index >= 15 is 0 Å². The van der Waals surface area contributed by atoms with Crippen LogP contribution < -0.4 is 10.7 Å². The van der Waals surface area contributed by atoms with Crippen molar-refractivity contribution in [3.8, 4) is 0 Å². The number of hydrogen-bond acceptors (Lipinski definition) is 2.